The van der Waals surface area contributed by atoms with Crippen molar-refractivity contribution < 1.29 is 27.8 Å². The lowest BCUT2D eigenvalue weighted by atomic mass is 10.1. The molecular weight excluding hydrogens is 672 g/mol. The first kappa shape index (κ1) is 47.5. The van der Waals surface area contributed by atoms with E-state index in [1.807, 2.05) is 84.2 Å². The van der Waals surface area contributed by atoms with E-state index in [-0.39, 0.29) is 18.6 Å². The molecule has 49 heavy (non-hydrogen) atoms. The van der Waals surface area contributed by atoms with Gasteiger partial charge in [-0.2, -0.15) is 13.2 Å². The van der Waals surface area contributed by atoms with Crippen molar-refractivity contribution in [2.24, 2.45) is 4.99 Å². The SMILES string of the molecule is C/C=C/C.C/C=C\COCCCC(F)(F)F.C=CC.CC.CC/C=C/C1=NC(c2ccc(Cl)cc2Cl)=CN(Cc2ccc(C(=O)O)cc2)C1. The van der Waals surface area contributed by atoms with Crippen LogP contribution in [0.2, 0.25) is 10.0 Å². The second-order valence-corrected chi connectivity index (χ2v) is 10.7. The molecule has 1 heterocycles. The number of hydrogen-bond acceptors (Lipinski definition) is 4. The number of aliphatic imine (C=N–C) groups is 1. The maximum Gasteiger partial charge on any atom is 0.389 e. The molecule has 272 valence electrons. The van der Waals surface area contributed by atoms with Crippen LogP contribution in [0.25, 0.3) is 5.70 Å². The van der Waals surface area contributed by atoms with Gasteiger partial charge in [-0.05, 0) is 82.5 Å². The van der Waals surface area contributed by atoms with Gasteiger partial charge >= 0.3 is 12.1 Å². The van der Waals surface area contributed by atoms with Crippen molar-refractivity contribution in [2.75, 3.05) is 19.8 Å². The first-order chi connectivity index (χ1) is 23.3. The Labute approximate surface area is 302 Å². The van der Waals surface area contributed by atoms with Crippen LogP contribution in [0.1, 0.15) is 89.2 Å². The first-order valence-corrected chi connectivity index (χ1v) is 17.0. The van der Waals surface area contributed by atoms with Crippen molar-refractivity contribution in [3.63, 3.8) is 0 Å². The van der Waals surface area contributed by atoms with Crippen LogP contribution in [0, 0.1) is 0 Å². The molecule has 0 amide bonds. The second-order valence-electron chi connectivity index (χ2n) is 9.90. The third-order valence-electron chi connectivity index (χ3n) is 5.81. The van der Waals surface area contributed by atoms with Crippen LogP contribution in [0.5, 0.6) is 0 Å². The van der Waals surface area contributed by atoms with Gasteiger partial charge in [-0.25, -0.2) is 9.79 Å². The van der Waals surface area contributed by atoms with Crippen LogP contribution in [-0.4, -0.2) is 47.6 Å². The smallest absolute Gasteiger partial charge is 0.389 e. The fourth-order valence-electron chi connectivity index (χ4n) is 3.53. The molecule has 1 aliphatic heterocycles. The zero-order valence-corrected chi connectivity index (χ0v) is 31.4. The van der Waals surface area contributed by atoms with E-state index in [0.29, 0.717) is 29.7 Å². The van der Waals surface area contributed by atoms with Gasteiger partial charge in [0.05, 0.1) is 35.1 Å². The third-order valence-corrected chi connectivity index (χ3v) is 6.35. The molecule has 5 nitrogen and oxygen atoms in total. The van der Waals surface area contributed by atoms with E-state index < -0.39 is 18.6 Å². The van der Waals surface area contributed by atoms with E-state index in [9.17, 15) is 18.0 Å². The van der Waals surface area contributed by atoms with Gasteiger partial charge in [-0.1, -0.05) is 92.6 Å². The van der Waals surface area contributed by atoms with Crippen molar-refractivity contribution in [1.29, 1.82) is 0 Å². The van der Waals surface area contributed by atoms with E-state index in [1.165, 1.54) is 0 Å². The summed E-state index contributed by atoms with van der Waals surface area (Å²) in [4.78, 5) is 17.9. The maximum absolute atomic E-state index is 11.6. The van der Waals surface area contributed by atoms with Crippen molar-refractivity contribution in [3.8, 4) is 0 Å². The standard InChI is InChI=1S/C22H20Cl2N2O2.C8H13F3O.C4H8.C3H6.C2H6/c1-2-3-4-18-13-26(12-15-5-7-16(8-6-15)22(27)28)14-21(25-18)19-10-9-17(23)11-20(19)24;1-2-3-6-12-7-4-5-8(9,10)11;1-3-4-2;1-3-2;1-2/h3-11,14H,2,12-13H2,1H3,(H,27,28);2-3H,4-7H2,1H3;3-4H,1-2H3;3H,1H2,2H3;1-2H3/b4-3+;3-2-;4-3+;;. The Morgan fingerprint density at radius 2 is 1.63 bits per heavy atom. The Kier molecular flexibility index (Phi) is 28.5. The molecule has 0 fully saturated rings. The van der Waals surface area contributed by atoms with Crippen LogP contribution in [0.15, 0.2) is 103 Å². The maximum atomic E-state index is 11.6. The zero-order chi connectivity index (χ0) is 37.7. The van der Waals surface area contributed by atoms with Gasteiger partial charge in [-0.3, -0.25) is 0 Å². The number of benzene rings is 2. The number of aromatic carboxylic acids is 1. The minimum atomic E-state index is -4.05. The van der Waals surface area contributed by atoms with E-state index in [1.54, 1.807) is 42.5 Å². The largest absolute Gasteiger partial charge is 0.478 e. The number of carboxylic acid groups (broad SMARTS) is 1. The molecule has 0 saturated heterocycles. The number of carbonyl (C=O) groups is 1. The number of ether oxygens (including phenoxy) is 1. The van der Waals surface area contributed by atoms with Gasteiger partial charge in [0, 0.05) is 36.4 Å². The van der Waals surface area contributed by atoms with Gasteiger partial charge < -0.3 is 14.7 Å². The van der Waals surface area contributed by atoms with Gasteiger partial charge in [0.25, 0.3) is 0 Å². The predicted molar refractivity (Wildman–Crippen MR) is 204 cm³/mol. The summed E-state index contributed by atoms with van der Waals surface area (Å²) in [6.45, 7) is 19.0. The molecule has 0 aliphatic carbocycles. The lowest BCUT2D eigenvalue weighted by molar-refractivity contribution is -0.137. The second kappa shape index (κ2) is 29.3. The predicted octanol–water partition coefficient (Wildman–Crippen LogP) is 12.6. The van der Waals surface area contributed by atoms with Crippen LogP contribution in [0.3, 0.4) is 0 Å². The highest BCUT2D eigenvalue weighted by molar-refractivity contribution is 6.35. The summed E-state index contributed by atoms with van der Waals surface area (Å²) in [6.07, 6.45) is 11.5. The number of carboxylic acids is 1. The van der Waals surface area contributed by atoms with E-state index in [0.717, 1.165) is 29.0 Å². The van der Waals surface area contributed by atoms with E-state index in [4.69, 9.17) is 38.0 Å². The Hall–Kier alpha value is -3.59. The van der Waals surface area contributed by atoms with Gasteiger partial charge in [0.15, 0.2) is 0 Å². The molecule has 0 spiro atoms. The number of allylic oxidation sites excluding steroid dienone is 5. The third kappa shape index (κ3) is 24.2. The highest BCUT2D eigenvalue weighted by atomic mass is 35.5. The monoisotopic (exact) mass is 724 g/mol. The van der Waals surface area contributed by atoms with Crippen LogP contribution in [0.4, 0.5) is 13.2 Å². The van der Waals surface area contributed by atoms with Crippen molar-refractivity contribution in [1.82, 2.24) is 4.90 Å². The van der Waals surface area contributed by atoms with Crippen molar-refractivity contribution >= 4 is 40.6 Å². The fraction of sp³-hybridized carbons (Fsp3) is 0.385. The normalized spacial score (nSPS) is 12.4. The van der Waals surface area contributed by atoms with E-state index in [2.05, 4.69) is 24.5 Å². The minimum Gasteiger partial charge on any atom is -0.478 e. The molecule has 0 unspecified atom stereocenters. The van der Waals surface area contributed by atoms with Crippen LogP contribution >= 0.6 is 23.2 Å². The van der Waals surface area contributed by atoms with E-state index >= 15 is 0 Å². The summed E-state index contributed by atoms with van der Waals surface area (Å²) in [6, 6.07) is 12.3. The molecular formula is C39H53Cl2F3N2O3. The Bertz CT molecular complexity index is 1350. The highest BCUT2D eigenvalue weighted by Crippen LogP contribution is 2.30. The minimum absolute atomic E-state index is 0.0427. The molecule has 2 aromatic carbocycles. The Morgan fingerprint density at radius 1 is 1.02 bits per heavy atom. The first-order valence-electron chi connectivity index (χ1n) is 16.2. The lowest BCUT2D eigenvalue weighted by Crippen LogP contribution is -2.27. The molecule has 0 saturated carbocycles. The molecule has 3 rings (SSSR count). The number of hydrogen-bond donors (Lipinski definition) is 1. The summed E-state index contributed by atoms with van der Waals surface area (Å²) in [7, 11) is 0. The molecule has 2 aromatic rings. The van der Waals surface area contributed by atoms with Crippen LogP contribution < -0.4 is 0 Å². The molecule has 0 radical (unpaired) electrons. The number of nitrogens with zero attached hydrogens (tertiary/aromatic N) is 2. The summed E-state index contributed by atoms with van der Waals surface area (Å²) in [5, 5.41) is 10.2. The Morgan fingerprint density at radius 3 is 2.12 bits per heavy atom. The quantitative estimate of drug-likeness (QED) is 0.185. The molecule has 10 heteroatoms. The highest BCUT2D eigenvalue weighted by Gasteiger charge is 2.25. The number of halogens is 5. The topological polar surface area (TPSA) is 62.1 Å². The molecule has 0 aromatic heterocycles. The van der Waals surface area contributed by atoms with Gasteiger partial charge in [0.1, 0.15) is 0 Å². The number of alkyl halides is 3. The Balaban J connectivity index is 0. The van der Waals surface area contributed by atoms with Crippen molar-refractivity contribution in [3.05, 3.63) is 125 Å². The summed E-state index contributed by atoms with van der Waals surface area (Å²) < 4.78 is 39.6. The van der Waals surface area contributed by atoms with Crippen LogP contribution in [-0.2, 0) is 11.3 Å². The summed E-state index contributed by atoms with van der Waals surface area (Å²) in [5.74, 6) is -0.928. The lowest BCUT2D eigenvalue weighted by Gasteiger charge is -2.26. The summed E-state index contributed by atoms with van der Waals surface area (Å²) in [5.41, 5.74) is 3.82. The molecule has 0 bridgehead atoms. The zero-order valence-electron chi connectivity index (χ0n) is 29.9. The fourth-order valence-corrected chi connectivity index (χ4v) is 4.03. The number of rotatable bonds is 11. The van der Waals surface area contributed by atoms with Gasteiger partial charge in [-0.15, -0.1) is 6.58 Å². The molecule has 1 N–H and O–H groups in total. The molecule has 1 aliphatic rings. The van der Waals surface area contributed by atoms with Crippen molar-refractivity contribution in [2.45, 2.75) is 80.4 Å². The van der Waals surface area contributed by atoms with Gasteiger partial charge in [0.2, 0.25) is 0 Å². The average Bonchev–Trinajstić information content (AvgIpc) is 3.07. The summed E-state index contributed by atoms with van der Waals surface area (Å²) >= 11 is 12.4. The molecule has 0 atom stereocenters. The average molecular weight is 726 g/mol.